The van der Waals surface area contributed by atoms with Crippen molar-refractivity contribution in [2.45, 2.75) is 23.2 Å². The number of nitrogens with two attached hydrogens (primary N) is 1. The van der Waals surface area contributed by atoms with Crippen molar-refractivity contribution < 1.29 is 0 Å². The van der Waals surface area contributed by atoms with Crippen LogP contribution in [0.15, 0.2) is 16.0 Å². The molecule has 5 nitrogen and oxygen atoms in total. The van der Waals surface area contributed by atoms with Gasteiger partial charge in [0.05, 0.1) is 0 Å². The maximum absolute atomic E-state index is 11.2. The number of thioether (sulfide) groups is 1. The number of nitrogen functional groups attached to an aromatic ring is 1. The van der Waals surface area contributed by atoms with Crippen molar-refractivity contribution in [3.8, 4) is 0 Å². The number of hydrogen-bond acceptors (Lipinski definition) is 5. The van der Waals surface area contributed by atoms with Gasteiger partial charge in [-0.25, -0.2) is 4.98 Å². The summed E-state index contributed by atoms with van der Waals surface area (Å²) in [5, 5.41) is 4.45. The molecule has 2 heterocycles. The van der Waals surface area contributed by atoms with Crippen LogP contribution in [-0.2, 0) is 0 Å². The van der Waals surface area contributed by atoms with Gasteiger partial charge < -0.3 is 16.0 Å². The predicted octanol–water partition coefficient (Wildman–Crippen LogP) is 0.196. The highest BCUT2D eigenvalue weighted by Gasteiger charge is 2.15. The van der Waals surface area contributed by atoms with Gasteiger partial charge in [0, 0.05) is 11.3 Å². The normalized spacial score (nSPS) is 17.9. The Morgan fingerprint density at radius 2 is 2.20 bits per heavy atom. The smallest absolute Gasteiger partial charge is 0.253 e. The second-order valence-electron chi connectivity index (χ2n) is 3.54. The number of aromatic nitrogens is 2. The van der Waals surface area contributed by atoms with E-state index in [2.05, 4.69) is 15.3 Å². The van der Waals surface area contributed by atoms with Crippen molar-refractivity contribution >= 4 is 17.6 Å². The van der Waals surface area contributed by atoms with E-state index in [1.54, 1.807) is 11.8 Å². The number of H-pyrrole nitrogens is 1. The molecule has 1 aliphatic heterocycles. The van der Waals surface area contributed by atoms with Crippen LogP contribution in [-0.4, -0.2) is 28.3 Å². The Balaban J connectivity index is 2.06. The van der Waals surface area contributed by atoms with E-state index < -0.39 is 0 Å². The molecule has 2 rings (SSSR count). The van der Waals surface area contributed by atoms with Crippen LogP contribution >= 0.6 is 11.8 Å². The van der Waals surface area contributed by atoms with E-state index in [1.807, 2.05) is 0 Å². The summed E-state index contributed by atoms with van der Waals surface area (Å²) in [6.45, 7) is 2.06. The molecule has 0 bridgehead atoms. The third-order valence-corrected chi connectivity index (χ3v) is 3.53. The second kappa shape index (κ2) is 4.67. The fourth-order valence-corrected chi connectivity index (χ4v) is 2.69. The van der Waals surface area contributed by atoms with Crippen LogP contribution in [0.5, 0.6) is 0 Å². The molecular weight excluding hydrogens is 212 g/mol. The summed E-state index contributed by atoms with van der Waals surface area (Å²) < 4.78 is 0. The van der Waals surface area contributed by atoms with Crippen LogP contribution in [0, 0.1) is 0 Å². The first-order chi connectivity index (χ1) is 7.24. The molecule has 6 heteroatoms. The summed E-state index contributed by atoms with van der Waals surface area (Å²) in [4.78, 5) is 17.9. The molecule has 1 aromatic rings. The molecule has 0 amide bonds. The summed E-state index contributed by atoms with van der Waals surface area (Å²) in [5.41, 5.74) is 5.33. The quantitative estimate of drug-likeness (QED) is 0.627. The molecule has 0 aromatic carbocycles. The molecule has 0 atom stereocenters. The highest BCUT2D eigenvalue weighted by molar-refractivity contribution is 7.99. The molecule has 0 saturated carbocycles. The Morgan fingerprint density at radius 3 is 2.87 bits per heavy atom. The van der Waals surface area contributed by atoms with Crippen molar-refractivity contribution in [3.63, 3.8) is 0 Å². The van der Waals surface area contributed by atoms with E-state index >= 15 is 0 Å². The van der Waals surface area contributed by atoms with Gasteiger partial charge in [-0.3, -0.25) is 4.79 Å². The zero-order valence-electron chi connectivity index (χ0n) is 8.32. The average Bonchev–Trinajstić information content (AvgIpc) is 2.17. The summed E-state index contributed by atoms with van der Waals surface area (Å²) in [7, 11) is 0. The first-order valence-corrected chi connectivity index (χ1v) is 5.86. The van der Waals surface area contributed by atoms with Gasteiger partial charge in [0.2, 0.25) is 0 Å². The molecule has 0 spiro atoms. The number of hydrogen-bond donors (Lipinski definition) is 3. The monoisotopic (exact) mass is 226 g/mol. The Morgan fingerprint density at radius 1 is 1.47 bits per heavy atom. The van der Waals surface area contributed by atoms with E-state index in [9.17, 15) is 4.79 Å². The van der Waals surface area contributed by atoms with E-state index in [-0.39, 0.29) is 11.4 Å². The molecule has 82 valence electrons. The van der Waals surface area contributed by atoms with Crippen LogP contribution < -0.4 is 16.6 Å². The molecule has 4 N–H and O–H groups in total. The van der Waals surface area contributed by atoms with Crippen molar-refractivity contribution in [3.05, 3.63) is 16.4 Å². The summed E-state index contributed by atoms with van der Waals surface area (Å²) in [6.07, 6.45) is 2.20. The van der Waals surface area contributed by atoms with Gasteiger partial charge in [0.15, 0.2) is 5.16 Å². The molecular formula is C9H14N4OS. The van der Waals surface area contributed by atoms with Gasteiger partial charge in [0.1, 0.15) is 5.82 Å². The molecule has 0 aliphatic carbocycles. The number of piperidine rings is 1. The first kappa shape index (κ1) is 10.5. The molecule has 15 heavy (non-hydrogen) atoms. The third-order valence-electron chi connectivity index (χ3n) is 2.30. The highest BCUT2D eigenvalue weighted by atomic mass is 32.2. The van der Waals surface area contributed by atoms with Gasteiger partial charge in [-0.2, -0.15) is 0 Å². The third kappa shape index (κ3) is 2.97. The van der Waals surface area contributed by atoms with Crippen molar-refractivity contribution in [2.75, 3.05) is 18.8 Å². The van der Waals surface area contributed by atoms with Crippen LogP contribution in [0.4, 0.5) is 5.82 Å². The molecule has 1 fully saturated rings. The Bertz CT molecular complexity index is 386. The minimum Gasteiger partial charge on any atom is -0.383 e. The molecule has 0 radical (unpaired) electrons. The lowest BCUT2D eigenvalue weighted by Crippen LogP contribution is -2.29. The maximum Gasteiger partial charge on any atom is 0.253 e. The minimum atomic E-state index is -0.182. The van der Waals surface area contributed by atoms with Gasteiger partial charge >= 0.3 is 0 Å². The Hall–Kier alpha value is -1.01. The van der Waals surface area contributed by atoms with Gasteiger partial charge in [-0.05, 0) is 25.9 Å². The topological polar surface area (TPSA) is 83.8 Å². The standard InChI is InChI=1S/C9H14N4OS/c10-7-5-8(14)13-9(12-7)15-6-1-3-11-4-2-6/h5-6,11H,1-4H2,(H3,10,12,13,14). The highest BCUT2D eigenvalue weighted by Crippen LogP contribution is 2.25. The lowest BCUT2D eigenvalue weighted by atomic mass is 10.2. The van der Waals surface area contributed by atoms with E-state index in [0.29, 0.717) is 10.4 Å². The van der Waals surface area contributed by atoms with E-state index in [0.717, 1.165) is 25.9 Å². The predicted molar refractivity (Wildman–Crippen MR) is 61.0 cm³/mol. The van der Waals surface area contributed by atoms with Gasteiger partial charge in [-0.1, -0.05) is 11.8 Å². The second-order valence-corrected chi connectivity index (χ2v) is 4.83. The Kier molecular flexibility index (Phi) is 3.27. The van der Waals surface area contributed by atoms with E-state index in [1.165, 1.54) is 6.07 Å². The van der Waals surface area contributed by atoms with Gasteiger partial charge in [0.25, 0.3) is 5.56 Å². The lowest BCUT2D eigenvalue weighted by molar-refractivity contribution is 0.531. The Labute approximate surface area is 91.9 Å². The largest absolute Gasteiger partial charge is 0.383 e. The fourth-order valence-electron chi connectivity index (χ4n) is 1.58. The zero-order valence-corrected chi connectivity index (χ0v) is 9.14. The maximum atomic E-state index is 11.2. The van der Waals surface area contributed by atoms with Crippen molar-refractivity contribution in [1.29, 1.82) is 0 Å². The lowest BCUT2D eigenvalue weighted by Gasteiger charge is -2.21. The fraction of sp³-hybridized carbons (Fsp3) is 0.556. The number of anilines is 1. The number of rotatable bonds is 2. The van der Waals surface area contributed by atoms with Crippen molar-refractivity contribution in [2.24, 2.45) is 0 Å². The SMILES string of the molecule is Nc1cc(=O)[nH]c(SC2CCNCC2)n1. The summed E-state index contributed by atoms with van der Waals surface area (Å²) >= 11 is 1.61. The zero-order chi connectivity index (χ0) is 10.7. The van der Waals surface area contributed by atoms with E-state index in [4.69, 9.17) is 5.73 Å². The van der Waals surface area contributed by atoms with Crippen molar-refractivity contribution in [1.82, 2.24) is 15.3 Å². The molecule has 1 saturated heterocycles. The number of nitrogens with zero attached hydrogens (tertiary/aromatic N) is 1. The van der Waals surface area contributed by atoms with Crippen LogP contribution in [0.3, 0.4) is 0 Å². The minimum absolute atomic E-state index is 0.182. The first-order valence-electron chi connectivity index (χ1n) is 4.98. The van der Waals surface area contributed by atoms with Crippen LogP contribution in [0.2, 0.25) is 0 Å². The van der Waals surface area contributed by atoms with Crippen LogP contribution in [0.25, 0.3) is 0 Å². The average molecular weight is 226 g/mol. The van der Waals surface area contributed by atoms with Gasteiger partial charge in [-0.15, -0.1) is 0 Å². The molecule has 1 aromatic heterocycles. The molecule has 0 unspecified atom stereocenters. The summed E-state index contributed by atoms with van der Waals surface area (Å²) in [5.74, 6) is 0.287. The van der Waals surface area contributed by atoms with Crippen LogP contribution in [0.1, 0.15) is 12.8 Å². The number of aromatic amines is 1. The summed E-state index contributed by atoms with van der Waals surface area (Å²) in [6, 6.07) is 1.30. The molecule has 1 aliphatic rings. The number of nitrogens with one attached hydrogen (secondary N) is 2.